The van der Waals surface area contributed by atoms with Crippen molar-refractivity contribution in [3.63, 3.8) is 0 Å². The number of carbonyl (C=O) groups excluding carboxylic acids is 1. The number of halogens is 6. The van der Waals surface area contributed by atoms with Crippen molar-refractivity contribution in [2.24, 2.45) is 0 Å². The van der Waals surface area contributed by atoms with Crippen LogP contribution in [0.4, 0.5) is 36.8 Å². The molecule has 1 aliphatic carbocycles. The van der Waals surface area contributed by atoms with Crippen LogP contribution in [-0.4, -0.2) is 24.5 Å². The normalized spacial score (nSPS) is 19.2. The molecule has 0 aromatic heterocycles. The van der Waals surface area contributed by atoms with E-state index in [0.717, 1.165) is 24.3 Å². The van der Waals surface area contributed by atoms with Gasteiger partial charge < -0.3 is 20.1 Å². The third kappa shape index (κ3) is 7.24. The Balaban J connectivity index is 1.43. The smallest absolute Gasteiger partial charge is 0.490 e. The van der Waals surface area contributed by atoms with Crippen molar-refractivity contribution in [1.82, 2.24) is 5.32 Å². The third-order valence-corrected chi connectivity index (χ3v) is 4.82. The van der Waals surface area contributed by atoms with E-state index in [9.17, 15) is 31.1 Å². The Morgan fingerprint density at radius 3 is 2.09 bits per heavy atom. The average Bonchev–Trinajstić information content (AvgIpc) is 2.69. The van der Waals surface area contributed by atoms with Gasteiger partial charge in [0.25, 0.3) is 0 Å². The van der Waals surface area contributed by atoms with E-state index in [1.807, 2.05) is 0 Å². The van der Waals surface area contributed by atoms with Crippen molar-refractivity contribution < 1.29 is 40.6 Å². The summed E-state index contributed by atoms with van der Waals surface area (Å²) in [6.45, 7) is 0. The molecule has 0 aliphatic heterocycles. The van der Waals surface area contributed by atoms with Crippen molar-refractivity contribution >= 4 is 11.7 Å². The lowest BCUT2D eigenvalue weighted by Crippen LogP contribution is -2.41. The van der Waals surface area contributed by atoms with Gasteiger partial charge in [-0.2, -0.15) is 13.2 Å². The van der Waals surface area contributed by atoms with E-state index in [2.05, 4.69) is 15.4 Å². The highest BCUT2D eigenvalue weighted by Gasteiger charge is 2.32. The van der Waals surface area contributed by atoms with E-state index < -0.39 is 24.1 Å². The van der Waals surface area contributed by atoms with Crippen LogP contribution in [0.1, 0.15) is 31.2 Å². The van der Waals surface area contributed by atoms with Crippen molar-refractivity contribution in [3.8, 4) is 11.5 Å². The Hall–Kier alpha value is -3.11. The van der Waals surface area contributed by atoms with Crippen LogP contribution in [0.5, 0.6) is 11.5 Å². The highest BCUT2D eigenvalue weighted by molar-refractivity contribution is 5.89. The maximum absolute atomic E-state index is 12.8. The molecule has 1 aliphatic rings. The number of rotatable bonds is 5. The number of ether oxygens (including phenoxy) is 2. The molecular weight excluding hydrogens is 442 g/mol. The van der Waals surface area contributed by atoms with Crippen molar-refractivity contribution in [2.75, 3.05) is 5.32 Å². The highest BCUT2D eigenvalue weighted by atomic mass is 19.4. The molecule has 5 nitrogen and oxygen atoms in total. The summed E-state index contributed by atoms with van der Waals surface area (Å²) >= 11 is 0. The van der Waals surface area contributed by atoms with E-state index in [0.29, 0.717) is 31.4 Å². The molecule has 0 spiro atoms. The minimum atomic E-state index is -4.76. The summed E-state index contributed by atoms with van der Waals surface area (Å²) in [6.07, 6.45) is -7.09. The second kappa shape index (κ2) is 9.58. The van der Waals surface area contributed by atoms with Gasteiger partial charge in [0.1, 0.15) is 11.5 Å². The summed E-state index contributed by atoms with van der Waals surface area (Å²) in [5, 5.41) is 5.13. The van der Waals surface area contributed by atoms with Crippen molar-refractivity contribution in [3.05, 3.63) is 54.1 Å². The molecule has 0 radical (unpaired) electrons. The lowest BCUT2D eigenvalue weighted by Gasteiger charge is -2.29. The zero-order valence-corrected chi connectivity index (χ0v) is 16.6. The molecule has 174 valence electrons. The number of alkyl halides is 6. The van der Waals surface area contributed by atoms with Gasteiger partial charge in [-0.15, -0.1) is 13.2 Å². The number of urea groups is 1. The van der Waals surface area contributed by atoms with Crippen molar-refractivity contribution in [1.29, 1.82) is 0 Å². The van der Waals surface area contributed by atoms with E-state index in [1.165, 1.54) is 24.3 Å². The fraction of sp³-hybridized carbons (Fsp3) is 0.381. The number of nitrogens with one attached hydrogen (secondary N) is 2. The molecule has 2 amide bonds. The predicted octanol–water partition coefficient (Wildman–Crippen LogP) is 6.12. The minimum absolute atomic E-state index is 0.0345. The van der Waals surface area contributed by atoms with Gasteiger partial charge in [0.15, 0.2) is 0 Å². The molecule has 3 rings (SSSR count). The lowest BCUT2D eigenvalue weighted by atomic mass is 9.93. The summed E-state index contributed by atoms with van der Waals surface area (Å²) < 4.78 is 84.4. The predicted molar refractivity (Wildman–Crippen MR) is 103 cm³/mol. The van der Waals surface area contributed by atoms with Crippen LogP contribution in [0, 0.1) is 0 Å². The first kappa shape index (κ1) is 23.6. The van der Waals surface area contributed by atoms with Gasteiger partial charge in [0.2, 0.25) is 0 Å². The number of anilines is 1. The molecule has 1 fully saturated rings. The van der Waals surface area contributed by atoms with Crippen LogP contribution in [0.2, 0.25) is 0 Å². The Bertz CT molecular complexity index is 907. The van der Waals surface area contributed by atoms with Crippen LogP contribution < -0.4 is 20.1 Å². The molecule has 0 saturated heterocycles. The minimum Gasteiger partial charge on any atom is -0.490 e. The number of hydrogen-bond acceptors (Lipinski definition) is 3. The second-order valence-corrected chi connectivity index (χ2v) is 7.29. The fourth-order valence-corrected chi connectivity index (χ4v) is 3.36. The highest BCUT2D eigenvalue weighted by Crippen LogP contribution is 2.31. The zero-order chi connectivity index (χ0) is 23.4. The monoisotopic (exact) mass is 462 g/mol. The standard InChI is InChI=1S/C21H20F6N2O3/c22-20(23,24)13-2-1-3-15(12-13)29-19(30)28-14-4-6-16(7-5-14)31-17-8-10-18(11-9-17)32-21(25,26)27/h1-3,8-12,14,16H,4-7H2,(H2,28,29,30)/t14-,16-. The molecule has 0 bridgehead atoms. The molecule has 32 heavy (non-hydrogen) atoms. The summed E-state index contributed by atoms with van der Waals surface area (Å²) in [4.78, 5) is 12.1. The summed E-state index contributed by atoms with van der Waals surface area (Å²) in [5.74, 6) is 0.0581. The number of benzene rings is 2. The maximum Gasteiger partial charge on any atom is 0.573 e. The van der Waals surface area contributed by atoms with Crippen LogP contribution in [0.15, 0.2) is 48.5 Å². The maximum atomic E-state index is 12.8. The molecule has 0 heterocycles. The van der Waals surface area contributed by atoms with Gasteiger partial charge in [0, 0.05) is 11.7 Å². The second-order valence-electron chi connectivity index (χ2n) is 7.29. The first-order valence-corrected chi connectivity index (χ1v) is 9.75. The first-order valence-electron chi connectivity index (χ1n) is 9.75. The fourth-order valence-electron chi connectivity index (χ4n) is 3.36. The molecule has 0 atom stereocenters. The van der Waals surface area contributed by atoms with Gasteiger partial charge in [-0.1, -0.05) is 6.07 Å². The Morgan fingerprint density at radius 2 is 1.50 bits per heavy atom. The van der Waals surface area contributed by atoms with E-state index >= 15 is 0 Å². The molecule has 2 aromatic rings. The largest absolute Gasteiger partial charge is 0.573 e. The molecular formula is C21H20F6N2O3. The molecule has 1 saturated carbocycles. The first-order chi connectivity index (χ1) is 15.0. The Labute approximate surface area is 179 Å². The number of amides is 2. The van der Waals surface area contributed by atoms with Gasteiger partial charge in [-0.05, 0) is 68.1 Å². The summed E-state index contributed by atoms with van der Waals surface area (Å²) in [7, 11) is 0. The van der Waals surface area contributed by atoms with E-state index in [1.54, 1.807) is 0 Å². The average molecular weight is 462 g/mol. The quantitative estimate of drug-likeness (QED) is 0.527. The Kier molecular flexibility index (Phi) is 7.05. The number of carbonyl (C=O) groups is 1. The molecule has 0 unspecified atom stereocenters. The third-order valence-electron chi connectivity index (χ3n) is 4.82. The molecule has 2 aromatic carbocycles. The van der Waals surface area contributed by atoms with Crippen LogP contribution >= 0.6 is 0 Å². The SMILES string of the molecule is O=C(Nc1cccc(C(F)(F)F)c1)N[C@H]1CC[C@H](Oc2ccc(OC(F)(F)F)cc2)CC1. The van der Waals surface area contributed by atoms with Gasteiger partial charge in [-0.25, -0.2) is 4.79 Å². The van der Waals surface area contributed by atoms with Crippen LogP contribution in [0.25, 0.3) is 0 Å². The lowest BCUT2D eigenvalue weighted by molar-refractivity contribution is -0.274. The zero-order valence-electron chi connectivity index (χ0n) is 16.6. The topological polar surface area (TPSA) is 59.6 Å². The van der Waals surface area contributed by atoms with E-state index in [-0.39, 0.29) is 23.6 Å². The number of hydrogen-bond donors (Lipinski definition) is 2. The summed E-state index contributed by atoms with van der Waals surface area (Å²) in [6, 6.07) is 8.66. The molecule has 2 N–H and O–H groups in total. The Morgan fingerprint density at radius 1 is 0.875 bits per heavy atom. The van der Waals surface area contributed by atoms with Gasteiger partial charge in [0.05, 0.1) is 11.7 Å². The molecule has 11 heteroatoms. The van der Waals surface area contributed by atoms with Crippen LogP contribution in [-0.2, 0) is 6.18 Å². The van der Waals surface area contributed by atoms with E-state index in [4.69, 9.17) is 4.74 Å². The van der Waals surface area contributed by atoms with Crippen molar-refractivity contribution in [2.45, 2.75) is 50.4 Å². The van der Waals surface area contributed by atoms with Crippen LogP contribution in [0.3, 0.4) is 0 Å². The van der Waals surface area contributed by atoms with Gasteiger partial charge in [-0.3, -0.25) is 0 Å². The van der Waals surface area contributed by atoms with Gasteiger partial charge >= 0.3 is 18.6 Å². The summed E-state index contributed by atoms with van der Waals surface area (Å²) in [5.41, 5.74) is -0.821.